The zero-order chi connectivity index (χ0) is 14.4. The number of halogens is 1. The van der Waals surface area contributed by atoms with E-state index in [0.29, 0.717) is 12.4 Å². The smallest absolute Gasteiger partial charge is 0.228 e. The highest BCUT2D eigenvalue weighted by molar-refractivity contribution is 9.10. The van der Waals surface area contributed by atoms with E-state index in [0.717, 1.165) is 22.2 Å². The van der Waals surface area contributed by atoms with Crippen LogP contribution in [0.3, 0.4) is 0 Å². The van der Waals surface area contributed by atoms with Gasteiger partial charge in [-0.25, -0.2) is 0 Å². The van der Waals surface area contributed by atoms with E-state index in [-0.39, 0.29) is 12.3 Å². The van der Waals surface area contributed by atoms with Crippen LogP contribution in [0.2, 0.25) is 0 Å². The van der Waals surface area contributed by atoms with Crippen molar-refractivity contribution in [3.63, 3.8) is 0 Å². The normalized spacial score (nSPS) is 10.3. The molecule has 1 aromatic heterocycles. The number of hydrogen-bond acceptors (Lipinski definition) is 3. The molecule has 20 heavy (non-hydrogen) atoms. The predicted octanol–water partition coefficient (Wildman–Crippen LogP) is 3.14. The lowest BCUT2D eigenvalue weighted by molar-refractivity contribution is -0.116. The highest BCUT2D eigenvalue weighted by atomic mass is 79.9. The summed E-state index contributed by atoms with van der Waals surface area (Å²) in [6.07, 6.45) is 2.82. The third-order valence-corrected chi connectivity index (χ3v) is 3.25. The molecule has 0 spiro atoms. The van der Waals surface area contributed by atoms with Crippen molar-refractivity contribution in [1.29, 1.82) is 0 Å². The van der Waals surface area contributed by atoms with Crippen molar-refractivity contribution < 1.29 is 9.53 Å². The zero-order valence-electron chi connectivity index (χ0n) is 11.1. The van der Waals surface area contributed by atoms with Crippen LogP contribution in [-0.4, -0.2) is 22.7 Å². The molecule has 106 valence electrons. The first kappa shape index (κ1) is 14.6. The molecule has 2 N–H and O–H groups in total. The molecule has 0 fully saturated rings. The van der Waals surface area contributed by atoms with E-state index >= 15 is 0 Å². The fraction of sp³-hybridized carbons (Fsp3) is 0.286. The number of aryl methyl sites for hydroxylation is 1. The van der Waals surface area contributed by atoms with Crippen molar-refractivity contribution in [1.82, 2.24) is 10.2 Å². The van der Waals surface area contributed by atoms with Gasteiger partial charge in [0.1, 0.15) is 11.6 Å². The number of H-pyrrole nitrogens is 1. The minimum Gasteiger partial charge on any atom is -0.493 e. The average molecular weight is 338 g/mol. The second-order valence-corrected chi connectivity index (χ2v) is 5.14. The summed E-state index contributed by atoms with van der Waals surface area (Å²) in [5.41, 5.74) is 0.992. The van der Waals surface area contributed by atoms with Crippen molar-refractivity contribution >= 4 is 27.7 Å². The van der Waals surface area contributed by atoms with Crippen LogP contribution < -0.4 is 10.1 Å². The summed E-state index contributed by atoms with van der Waals surface area (Å²) in [6.45, 7) is 2.34. The molecular weight excluding hydrogens is 322 g/mol. The molecular formula is C14H16BrN3O2. The Kier molecular flexibility index (Phi) is 5.17. The minimum atomic E-state index is -0.0982. The van der Waals surface area contributed by atoms with Crippen LogP contribution in [0.25, 0.3) is 0 Å². The van der Waals surface area contributed by atoms with E-state index in [2.05, 4.69) is 31.4 Å². The topological polar surface area (TPSA) is 67.0 Å². The van der Waals surface area contributed by atoms with E-state index in [4.69, 9.17) is 4.74 Å². The Morgan fingerprint density at radius 1 is 1.50 bits per heavy atom. The fourth-order valence-corrected chi connectivity index (χ4v) is 2.09. The van der Waals surface area contributed by atoms with E-state index in [9.17, 15) is 4.79 Å². The minimum absolute atomic E-state index is 0.0982. The van der Waals surface area contributed by atoms with Crippen LogP contribution in [0.5, 0.6) is 5.75 Å². The Morgan fingerprint density at radius 3 is 3.10 bits per heavy atom. The summed E-state index contributed by atoms with van der Waals surface area (Å²) in [4.78, 5) is 11.8. The molecule has 0 unspecified atom stereocenters. The Bertz CT molecular complexity index is 583. The number of rotatable bonds is 6. The van der Waals surface area contributed by atoms with Gasteiger partial charge in [-0.15, -0.1) is 0 Å². The number of benzene rings is 1. The molecule has 0 saturated heterocycles. The zero-order valence-corrected chi connectivity index (χ0v) is 12.7. The molecule has 2 rings (SSSR count). The molecule has 1 aromatic carbocycles. The molecule has 0 aliphatic carbocycles. The molecule has 2 aromatic rings. The number of aromatic nitrogens is 2. The molecule has 0 aliphatic heterocycles. The predicted molar refractivity (Wildman–Crippen MR) is 80.8 cm³/mol. The number of aromatic amines is 1. The maximum atomic E-state index is 11.8. The maximum Gasteiger partial charge on any atom is 0.228 e. The number of nitrogens with zero attached hydrogens (tertiary/aromatic N) is 1. The summed E-state index contributed by atoms with van der Waals surface area (Å²) in [6, 6.07) is 7.52. The first-order valence-electron chi connectivity index (χ1n) is 6.39. The number of nitrogens with one attached hydrogen (secondary N) is 2. The quantitative estimate of drug-likeness (QED) is 0.850. The van der Waals surface area contributed by atoms with E-state index in [1.54, 1.807) is 6.20 Å². The van der Waals surface area contributed by atoms with Crippen LogP contribution in [0.1, 0.15) is 18.9 Å². The summed E-state index contributed by atoms with van der Waals surface area (Å²) in [5.74, 6) is 1.31. The second kappa shape index (κ2) is 7.09. The number of amides is 1. The standard InChI is InChI=1S/C14H16BrN3O2/c1-2-10-9-16-18-14(10)17-13(19)6-7-20-12-5-3-4-11(15)8-12/h3-5,8-9H,2,6-7H2,1H3,(H2,16,17,18,19). The van der Waals surface area contributed by atoms with Gasteiger partial charge < -0.3 is 10.1 Å². The van der Waals surface area contributed by atoms with Gasteiger partial charge in [0.2, 0.25) is 5.91 Å². The molecule has 0 atom stereocenters. The van der Waals surface area contributed by atoms with Crippen LogP contribution in [0, 0.1) is 0 Å². The number of anilines is 1. The van der Waals surface area contributed by atoms with Gasteiger partial charge in [0, 0.05) is 10.0 Å². The summed E-state index contributed by atoms with van der Waals surface area (Å²) in [5, 5.41) is 9.47. The Hall–Kier alpha value is -1.82. The van der Waals surface area contributed by atoms with Gasteiger partial charge in [0.25, 0.3) is 0 Å². The van der Waals surface area contributed by atoms with Crippen molar-refractivity contribution in [3.8, 4) is 5.75 Å². The lowest BCUT2D eigenvalue weighted by atomic mass is 10.2. The summed E-state index contributed by atoms with van der Waals surface area (Å²) >= 11 is 3.37. The van der Waals surface area contributed by atoms with E-state index < -0.39 is 0 Å². The highest BCUT2D eigenvalue weighted by Gasteiger charge is 2.08. The van der Waals surface area contributed by atoms with Crippen molar-refractivity contribution in [2.45, 2.75) is 19.8 Å². The van der Waals surface area contributed by atoms with Crippen LogP contribution >= 0.6 is 15.9 Å². The molecule has 6 heteroatoms. The van der Waals surface area contributed by atoms with Crippen LogP contribution in [-0.2, 0) is 11.2 Å². The van der Waals surface area contributed by atoms with Gasteiger partial charge in [-0.2, -0.15) is 5.10 Å². The van der Waals surface area contributed by atoms with Gasteiger partial charge in [-0.3, -0.25) is 9.89 Å². The monoisotopic (exact) mass is 337 g/mol. The van der Waals surface area contributed by atoms with E-state index in [1.807, 2.05) is 31.2 Å². The van der Waals surface area contributed by atoms with Gasteiger partial charge in [0.05, 0.1) is 19.2 Å². The molecule has 1 amide bonds. The van der Waals surface area contributed by atoms with E-state index in [1.165, 1.54) is 0 Å². The summed E-state index contributed by atoms with van der Waals surface area (Å²) in [7, 11) is 0. The largest absolute Gasteiger partial charge is 0.493 e. The van der Waals surface area contributed by atoms with Crippen LogP contribution in [0.15, 0.2) is 34.9 Å². The number of hydrogen-bond donors (Lipinski definition) is 2. The molecule has 5 nitrogen and oxygen atoms in total. The highest BCUT2D eigenvalue weighted by Crippen LogP contribution is 2.18. The molecule has 0 bridgehead atoms. The first-order valence-corrected chi connectivity index (χ1v) is 7.18. The first-order chi connectivity index (χ1) is 9.69. The van der Waals surface area contributed by atoms with Gasteiger partial charge >= 0.3 is 0 Å². The second-order valence-electron chi connectivity index (χ2n) is 4.23. The Balaban J connectivity index is 1.78. The van der Waals surface area contributed by atoms with Gasteiger partial charge in [0.15, 0.2) is 0 Å². The third kappa shape index (κ3) is 4.09. The van der Waals surface area contributed by atoms with Crippen molar-refractivity contribution in [2.75, 3.05) is 11.9 Å². The third-order valence-electron chi connectivity index (χ3n) is 2.76. The SMILES string of the molecule is CCc1cn[nH]c1NC(=O)CCOc1cccc(Br)c1. The van der Waals surface area contributed by atoms with Crippen molar-refractivity contribution in [2.24, 2.45) is 0 Å². The number of carbonyl (C=O) groups excluding carboxylic acids is 1. The molecule has 0 radical (unpaired) electrons. The van der Waals surface area contributed by atoms with Gasteiger partial charge in [-0.05, 0) is 24.6 Å². The molecule has 0 saturated carbocycles. The average Bonchev–Trinajstić information content (AvgIpc) is 2.86. The lowest BCUT2D eigenvalue weighted by Gasteiger charge is -2.07. The lowest BCUT2D eigenvalue weighted by Crippen LogP contribution is -2.16. The van der Waals surface area contributed by atoms with Crippen LogP contribution in [0.4, 0.5) is 5.82 Å². The fourth-order valence-electron chi connectivity index (χ4n) is 1.71. The Labute approximate surface area is 125 Å². The number of ether oxygens (including phenoxy) is 1. The maximum absolute atomic E-state index is 11.8. The summed E-state index contributed by atoms with van der Waals surface area (Å²) < 4.78 is 6.47. The Morgan fingerprint density at radius 2 is 2.35 bits per heavy atom. The number of carbonyl (C=O) groups is 1. The van der Waals surface area contributed by atoms with Crippen molar-refractivity contribution in [3.05, 3.63) is 40.5 Å². The molecule has 1 heterocycles. The molecule has 0 aliphatic rings. The van der Waals surface area contributed by atoms with Gasteiger partial charge in [-0.1, -0.05) is 28.9 Å².